The average Bonchev–Trinajstić information content (AvgIpc) is 2.96. The van der Waals surface area contributed by atoms with Crippen LogP contribution in [0.25, 0.3) is 10.2 Å². The summed E-state index contributed by atoms with van der Waals surface area (Å²) in [6.45, 7) is 4.92. The summed E-state index contributed by atoms with van der Waals surface area (Å²) in [5, 5.41) is 0.488. The van der Waals surface area contributed by atoms with Crippen LogP contribution in [0.5, 0.6) is 5.75 Å². The third-order valence-electron chi connectivity index (χ3n) is 4.22. The number of amides is 1. The van der Waals surface area contributed by atoms with Gasteiger partial charge in [0.1, 0.15) is 10.6 Å². The van der Waals surface area contributed by atoms with Crippen molar-refractivity contribution in [3.05, 3.63) is 57.0 Å². The van der Waals surface area contributed by atoms with E-state index >= 15 is 0 Å². The molecule has 0 radical (unpaired) electrons. The van der Waals surface area contributed by atoms with E-state index < -0.39 is 5.91 Å². The van der Waals surface area contributed by atoms with Gasteiger partial charge in [-0.15, -0.1) is 11.3 Å². The highest BCUT2D eigenvalue weighted by atomic mass is 32.1. The molecule has 26 heavy (non-hydrogen) atoms. The van der Waals surface area contributed by atoms with Crippen molar-refractivity contribution >= 4 is 27.5 Å². The zero-order chi connectivity index (χ0) is 18.7. The molecule has 0 aliphatic rings. The highest BCUT2D eigenvalue weighted by molar-refractivity contribution is 7.20. The minimum atomic E-state index is -0.523. The molecular formula is C19H21N3O3S. The molecule has 0 unspecified atom stereocenters. The van der Waals surface area contributed by atoms with Gasteiger partial charge in [-0.2, -0.15) is 0 Å². The van der Waals surface area contributed by atoms with Crippen molar-refractivity contribution in [3.8, 4) is 5.75 Å². The van der Waals surface area contributed by atoms with Crippen LogP contribution >= 0.6 is 11.3 Å². The number of rotatable bonds is 7. The zero-order valence-corrected chi connectivity index (χ0v) is 15.6. The standard InChI is InChI=1S/C19H21N3O3S/c1-12-5-7-14(8-6-12)25-10-4-3-9-22-11-21-18-15(19(22)24)13(2)16(26-18)17(20)23/h5-8,11H,3-4,9-10H2,1-2H3,(H2,20,23). The Labute approximate surface area is 155 Å². The molecule has 0 aliphatic carbocycles. The Morgan fingerprint density at radius 2 is 1.96 bits per heavy atom. The van der Waals surface area contributed by atoms with Crippen molar-refractivity contribution in [2.75, 3.05) is 6.61 Å². The molecule has 0 fully saturated rings. The Bertz CT molecular complexity index is 990. The van der Waals surface area contributed by atoms with E-state index in [2.05, 4.69) is 4.98 Å². The molecule has 0 spiro atoms. The summed E-state index contributed by atoms with van der Waals surface area (Å²) < 4.78 is 7.28. The number of aromatic nitrogens is 2. The number of hydrogen-bond acceptors (Lipinski definition) is 5. The van der Waals surface area contributed by atoms with Gasteiger partial charge in [-0.05, 0) is 44.4 Å². The van der Waals surface area contributed by atoms with Crippen molar-refractivity contribution < 1.29 is 9.53 Å². The maximum atomic E-state index is 12.6. The lowest BCUT2D eigenvalue weighted by Crippen LogP contribution is -2.21. The van der Waals surface area contributed by atoms with Crippen LogP contribution in [0.15, 0.2) is 35.4 Å². The number of aryl methyl sites for hydroxylation is 3. The number of nitrogens with zero attached hydrogens (tertiary/aromatic N) is 2. The third-order valence-corrected chi connectivity index (χ3v) is 5.44. The summed E-state index contributed by atoms with van der Waals surface area (Å²) in [5.74, 6) is 0.327. The minimum Gasteiger partial charge on any atom is -0.494 e. The van der Waals surface area contributed by atoms with E-state index in [1.165, 1.54) is 23.2 Å². The Morgan fingerprint density at radius 1 is 1.23 bits per heavy atom. The van der Waals surface area contributed by atoms with Crippen molar-refractivity contribution in [3.63, 3.8) is 0 Å². The second-order valence-electron chi connectivity index (χ2n) is 6.21. The van der Waals surface area contributed by atoms with Gasteiger partial charge in [-0.3, -0.25) is 14.2 Å². The Balaban J connectivity index is 1.61. The molecule has 0 saturated heterocycles. The molecule has 0 saturated carbocycles. The van der Waals surface area contributed by atoms with Gasteiger partial charge in [0.2, 0.25) is 0 Å². The topological polar surface area (TPSA) is 87.2 Å². The van der Waals surface area contributed by atoms with Gasteiger partial charge < -0.3 is 10.5 Å². The molecule has 7 heteroatoms. The summed E-state index contributed by atoms with van der Waals surface area (Å²) in [6, 6.07) is 7.93. The number of carbonyl (C=O) groups is 1. The van der Waals surface area contributed by atoms with E-state index in [4.69, 9.17) is 10.5 Å². The predicted molar refractivity (Wildman–Crippen MR) is 103 cm³/mol. The number of benzene rings is 1. The summed E-state index contributed by atoms with van der Waals surface area (Å²) in [5.41, 5.74) is 7.04. The summed E-state index contributed by atoms with van der Waals surface area (Å²) in [6.07, 6.45) is 3.16. The summed E-state index contributed by atoms with van der Waals surface area (Å²) in [7, 11) is 0. The number of primary amides is 1. The molecule has 3 rings (SSSR count). The lowest BCUT2D eigenvalue weighted by molar-refractivity contribution is 0.100. The van der Waals surface area contributed by atoms with Crippen LogP contribution < -0.4 is 16.0 Å². The quantitative estimate of drug-likeness (QED) is 0.647. The molecule has 1 aromatic carbocycles. The number of fused-ring (bicyclic) bond motifs is 1. The molecule has 1 amide bonds. The van der Waals surface area contributed by atoms with E-state index in [0.717, 1.165) is 18.6 Å². The van der Waals surface area contributed by atoms with Gasteiger partial charge >= 0.3 is 0 Å². The largest absolute Gasteiger partial charge is 0.494 e. The third kappa shape index (κ3) is 3.77. The Kier molecular flexibility index (Phi) is 5.37. The highest BCUT2D eigenvalue weighted by Crippen LogP contribution is 2.26. The van der Waals surface area contributed by atoms with E-state index in [1.807, 2.05) is 31.2 Å². The fourth-order valence-electron chi connectivity index (χ4n) is 2.76. The van der Waals surface area contributed by atoms with Gasteiger partial charge in [0.25, 0.3) is 11.5 Å². The maximum Gasteiger partial charge on any atom is 0.262 e. The predicted octanol–water partition coefficient (Wildman–Crippen LogP) is 3.03. The SMILES string of the molecule is Cc1ccc(OCCCCn2cnc3sc(C(N)=O)c(C)c3c2=O)cc1. The Hall–Kier alpha value is -2.67. The number of ether oxygens (including phenoxy) is 1. The first-order valence-electron chi connectivity index (χ1n) is 8.45. The molecule has 3 aromatic rings. The molecule has 2 aromatic heterocycles. The van der Waals surface area contributed by atoms with E-state index in [0.29, 0.717) is 33.8 Å². The fraction of sp³-hybridized carbons (Fsp3) is 0.316. The molecule has 0 aliphatic heterocycles. The zero-order valence-electron chi connectivity index (χ0n) is 14.8. The van der Waals surface area contributed by atoms with Crippen LogP contribution in [-0.2, 0) is 6.54 Å². The molecule has 0 bridgehead atoms. The summed E-state index contributed by atoms with van der Waals surface area (Å²) in [4.78, 5) is 29.4. The van der Waals surface area contributed by atoms with Gasteiger partial charge in [-0.1, -0.05) is 17.7 Å². The van der Waals surface area contributed by atoms with Crippen LogP contribution in [0.2, 0.25) is 0 Å². The molecule has 6 nitrogen and oxygen atoms in total. The first-order chi connectivity index (χ1) is 12.5. The molecule has 2 N–H and O–H groups in total. The van der Waals surface area contributed by atoms with E-state index in [1.54, 1.807) is 11.5 Å². The lowest BCUT2D eigenvalue weighted by Gasteiger charge is -2.08. The van der Waals surface area contributed by atoms with E-state index in [-0.39, 0.29) is 5.56 Å². The highest BCUT2D eigenvalue weighted by Gasteiger charge is 2.17. The first-order valence-corrected chi connectivity index (χ1v) is 9.27. The van der Waals surface area contributed by atoms with Crippen LogP contribution in [0.1, 0.15) is 33.6 Å². The normalized spacial score (nSPS) is 11.0. The van der Waals surface area contributed by atoms with Crippen LogP contribution in [0.3, 0.4) is 0 Å². The number of carbonyl (C=O) groups excluding carboxylic acids is 1. The van der Waals surface area contributed by atoms with Gasteiger partial charge in [0, 0.05) is 6.54 Å². The maximum absolute atomic E-state index is 12.6. The molecule has 0 atom stereocenters. The second-order valence-corrected chi connectivity index (χ2v) is 7.21. The van der Waals surface area contributed by atoms with Crippen molar-refractivity contribution in [1.82, 2.24) is 9.55 Å². The van der Waals surface area contributed by atoms with Crippen molar-refractivity contribution in [1.29, 1.82) is 0 Å². The van der Waals surface area contributed by atoms with Crippen molar-refractivity contribution in [2.45, 2.75) is 33.2 Å². The summed E-state index contributed by atoms with van der Waals surface area (Å²) >= 11 is 1.17. The van der Waals surface area contributed by atoms with Gasteiger partial charge in [0.15, 0.2) is 0 Å². The van der Waals surface area contributed by atoms with Crippen LogP contribution in [-0.4, -0.2) is 22.1 Å². The van der Waals surface area contributed by atoms with Gasteiger partial charge in [0.05, 0.1) is 23.2 Å². The van der Waals surface area contributed by atoms with Crippen molar-refractivity contribution in [2.24, 2.45) is 5.73 Å². The van der Waals surface area contributed by atoms with E-state index in [9.17, 15) is 9.59 Å². The first kappa shape index (κ1) is 18.1. The second kappa shape index (κ2) is 7.70. The molecular weight excluding hydrogens is 350 g/mol. The van der Waals surface area contributed by atoms with Crippen LogP contribution in [0.4, 0.5) is 0 Å². The molecule has 2 heterocycles. The van der Waals surface area contributed by atoms with Gasteiger partial charge in [-0.25, -0.2) is 4.98 Å². The smallest absolute Gasteiger partial charge is 0.262 e. The van der Waals surface area contributed by atoms with Crippen LogP contribution in [0, 0.1) is 13.8 Å². The lowest BCUT2D eigenvalue weighted by atomic mass is 10.2. The Morgan fingerprint density at radius 3 is 2.65 bits per heavy atom. The average molecular weight is 371 g/mol. The monoisotopic (exact) mass is 371 g/mol. The molecule has 136 valence electrons. The number of unbranched alkanes of at least 4 members (excludes halogenated alkanes) is 1. The number of nitrogens with two attached hydrogens (primary N) is 1. The fourth-order valence-corrected chi connectivity index (χ4v) is 3.75. The number of hydrogen-bond donors (Lipinski definition) is 1. The minimum absolute atomic E-state index is 0.129. The number of thiophene rings is 1.